The summed E-state index contributed by atoms with van der Waals surface area (Å²) in [4.78, 5) is 11.8. The molecule has 1 aliphatic rings. The van der Waals surface area contributed by atoms with Gasteiger partial charge < -0.3 is 20.1 Å². The average Bonchev–Trinajstić information content (AvgIpc) is 2.59. The molecule has 0 atom stereocenters. The second-order valence-corrected chi connectivity index (χ2v) is 5.94. The van der Waals surface area contributed by atoms with E-state index in [1.54, 1.807) is 7.11 Å². The van der Waals surface area contributed by atoms with Gasteiger partial charge in [-0.3, -0.25) is 0 Å². The Hall–Kier alpha value is -2.69. The van der Waals surface area contributed by atoms with E-state index in [0.717, 1.165) is 29.8 Å². The quantitative estimate of drug-likeness (QED) is 0.852. The Balaban J connectivity index is 1.35. The number of hydrogen-bond donors (Lipinski definition) is 2. The standard InChI is InChI=1S/C19H22N2O3/c1-23-18-9-7-15(8-10-18)20-16-11-17(12-16)21-19(22)24-13-14-5-3-2-4-6-14/h2-10,16-17,20H,11-13H2,1H3,(H,21,22). The largest absolute Gasteiger partial charge is 0.497 e. The summed E-state index contributed by atoms with van der Waals surface area (Å²) in [6.07, 6.45) is 1.44. The fourth-order valence-electron chi connectivity index (χ4n) is 2.71. The van der Waals surface area contributed by atoms with Crippen molar-refractivity contribution in [1.82, 2.24) is 5.32 Å². The summed E-state index contributed by atoms with van der Waals surface area (Å²) in [5, 5.41) is 6.34. The highest BCUT2D eigenvalue weighted by Gasteiger charge is 2.30. The zero-order valence-electron chi connectivity index (χ0n) is 13.7. The Morgan fingerprint density at radius 2 is 1.75 bits per heavy atom. The number of carbonyl (C=O) groups excluding carboxylic acids is 1. The molecule has 5 nitrogen and oxygen atoms in total. The number of methoxy groups -OCH3 is 1. The van der Waals surface area contributed by atoms with E-state index in [1.165, 1.54) is 0 Å². The van der Waals surface area contributed by atoms with Crippen LogP contribution in [0.15, 0.2) is 54.6 Å². The van der Waals surface area contributed by atoms with Crippen molar-refractivity contribution in [2.24, 2.45) is 0 Å². The van der Waals surface area contributed by atoms with Gasteiger partial charge in [-0.15, -0.1) is 0 Å². The van der Waals surface area contributed by atoms with Crippen LogP contribution in [0, 0.1) is 0 Å². The lowest BCUT2D eigenvalue weighted by Crippen LogP contribution is -2.49. The molecule has 1 amide bonds. The van der Waals surface area contributed by atoms with Crippen molar-refractivity contribution in [3.8, 4) is 5.75 Å². The summed E-state index contributed by atoms with van der Waals surface area (Å²) in [5.41, 5.74) is 2.05. The molecule has 1 fully saturated rings. The second kappa shape index (κ2) is 7.73. The normalized spacial score (nSPS) is 19.0. The first-order valence-electron chi connectivity index (χ1n) is 8.11. The molecule has 0 radical (unpaired) electrons. The third kappa shape index (κ3) is 4.41. The first-order chi connectivity index (χ1) is 11.7. The van der Waals surface area contributed by atoms with Gasteiger partial charge in [-0.25, -0.2) is 4.79 Å². The minimum absolute atomic E-state index is 0.170. The summed E-state index contributed by atoms with van der Waals surface area (Å²) in [6.45, 7) is 0.299. The molecular formula is C19H22N2O3. The van der Waals surface area contributed by atoms with Gasteiger partial charge in [-0.2, -0.15) is 0 Å². The number of carbonyl (C=O) groups is 1. The number of nitrogens with one attached hydrogen (secondary N) is 2. The van der Waals surface area contributed by atoms with Gasteiger partial charge in [-0.05, 0) is 42.7 Å². The molecule has 1 saturated carbocycles. The number of anilines is 1. The minimum atomic E-state index is -0.355. The van der Waals surface area contributed by atoms with E-state index in [-0.39, 0.29) is 12.1 Å². The number of alkyl carbamates (subject to hydrolysis) is 1. The molecule has 0 bridgehead atoms. The lowest BCUT2D eigenvalue weighted by atomic mass is 9.86. The highest BCUT2D eigenvalue weighted by molar-refractivity contribution is 5.67. The molecule has 126 valence electrons. The van der Waals surface area contributed by atoms with Crippen LogP contribution >= 0.6 is 0 Å². The second-order valence-electron chi connectivity index (χ2n) is 5.94. The third-order valence-electron chi connectivity index (χ3n) is 4.13. The zero-order valence-corrected chi connectivity index (χ0v) is 13.7. The van der Waals surface area contributed by atoms with Gasteiger partial charge in [0.25, 0.3) is 0 Å². The summed E-state index contributed by atoms with van der Waals surface area (Å²) in [7, 11) is 1.65. The Morgan fingerprint density at radius 3 is 2.42 bits per heavy atom. The summed E-state index contributed by atoms with van der Waals surface area (Å²) in [6, 6.07) is 18.1. The number of amides is 1. The fourth-order valence-corrected chi connectivity index (χ4v) is 2.71. The topological polar surface area (TPSA) is 59.6 Å². The Kier molecular flexibility index (Phi) is 5.21. The Morgan fingerprint density at radius 1 is 1.04 bits per heavy atom. The van der Waals surface area contributed by atoms with Crippen molar-refractivity contribution in [2.45, 2.75) is 31.5 Å². The van der Waals surface area contributed by atoms with E-state index >= 15 is 0 Å². The van der Waals surface area contributed by atoms with E-state index in [9.17, 15) is 4.79 Å². The predicted octanol–water partition coefficient (Wildman–Crippen LogP) is 3.56. The Bertz CT molecular complexity index is 652. The molecule has 2 aromatic rings. The van der Waals surface area contributed by atoms with Crippen LogP contribution in [0.25, 0.3) is 0 Å². The molecule has 1 aliphatic carbocycles. The van der Waals surface area contributed by atoms with E-state index in [4.69, 9.17) is 9.47 Å². The van der Waals surface area contributed by atoms with Crippen LogP contribution in [0.3, 0.4) is 0 Å². The number of benzene rings is 2. The lowest BCUT2D eigenvalue weighted by Gasteiger charge is -2.36. The molecule has 5 heteroatoms. The van der Waals surface area contributed by atoms with E-state index in [1.807, 2.05) is 54.6 Å². The van der Waals surface area contributed by atoms with Gasteiger partial charge >= 0.3 is 6.09 Å². The average molecular weight is 326 g/mol. The van der Waals surface area contributed by atoms with Crippen molar-refractivity contribution in [3.63, 3.8) is 0 Å². The predicted molar refractivity (Wildman–Crippen MR) is 93.2 cm³/mol. The van der Waals surface area contributed by atoms with Crippen LogP contribution < -0.4 is 15.4 Å². The molecule has 3 rings (SSSR count). The van der Waals surface area contributed by atoms with Crippen molar-refractivity contribution < 1.29 is 14.3 Å². The minimum Gasteiger partial charge on any atom is -0.497 e. The van der Waals surface area contributed by atoms with Gasteiger partial charge in [0.05, 0.1) is 7.11 Å². The van der Waals surface area contributed by atoms with Gasteiger partial charge in [0.15, 0.2) is 0 Å². The fraction of sp³-hybridized carbons (Fsp3) is 0.316. The summed E-state index contributed by atoms with van der Waals surface area (Å²) < 4.78 is 10.4. The van der Waals surface area contributed by atoms with Crippen molar-refractivity contribution in [3.05, 3.63) is 60.2 Å². The summed E-state index contributed by atoms with van der Waals surface area (Å²) in [5.74, 6) is 0.842. The summed E-state index contributed by atoms with van der Waals surface area (Å²) >= 11 is 0. The molecule has 0 aliphatic heterocycles. The molecule has 0 spiro atoms. The number of hydrogen-bond acceptors (Lipinski definition) is 4. The molecule has 0 saturated heterocycles. The highest BCUT2D eigenvalue weighted by Crippen LogP contribution is 2.25. The molecule has 2 N–H and O–H groups in total. The van der Waals surface area contributed by atoms with Gasteiger partial charge in [-0.1, -0.05) is 30.3 Å². The Labute approximate surface area is 142 Å². The smallest absolute Gasteiger partial charge is 0.407 e. The third-order valence-corrected chi connectivity index (χ3v) is 4.13. The molecule has 0 heterocycles. The highest BCUT2D eigenvalue weighted by atomic mass is 16.5. The maximum atomic E-state index is 11.8. The molecule has 0 unspecified atom stereocenters. The first-order valence-corrected chi connectivity index (χ1v) is 8.11. The van der Waals surface area contributed by atoms with Gasteiger partial charge in [0.2, 0.25) is 0 Å². The van der Waals surface area contributed by atoms with Crippen LogP contribution in [0.2, 0.25) is 0 Å². The maximum absolute atomic E-state index is 11.8. The first kappa shape index (κ1) is 16.2. The SMILES string of the molecule is COc1ccc(NC2CC(NC(=O)OCc3ccccc3)C2)cc1. The van der Waals surface area contributed by atoms with E-state index in [0.29, 0.717) is 12.6 Å². The lowest BCUT2D eigenvalue weighted by molar-refractivity contribution is 0.129. The molecule has 24 heavy (non-hydrogen) atoms. The zero-order chi connectivity index (χ0) is 16.8. The van der Waals surface area contributed by atoms with Crippen LogP contribution in [-0.2, 0) is 11.3 Å². The monoisotopic (exact) mass is 326 g/mol. The molecule has 2 aromatic carbocycles. The van der Waals surface area contributed by atoms with E-state index < -0.39 is 0 Å². The van der Waals surface area contributed by atoms with Crippen LogP contribution in [0.1, 0.15) is 18.4 Å². The van der Waals surface area contributed by atoms with Gasteiger partial charge in [0.1, 0.15) is 12.4 Å². The number of rotatable bonds is 6. The van der Waals surface area contributed by atoms with Crippen molar-refractivity contribution in [2.75, 3.05) is 12.4 Å². The van der Waals surface area contributed by atoms with Crippen LogP contribution in [0.4, 0.5) is 10.5 Å². The number of ether oxygens (including phenoxy) is 2. The van der Waals surface area contributed by atoms with Crippen LogP contribution in [-0.4, -0.2) is 25.3 Å². The van der Waals surface area contributed by atoms with E-state index in [2.05, 4.69) is 10.6 Å². The van der Waals surface area contributed by atoms with Crippen molar-refractivity contribution in [1.29, 1.82) is 0 Å². The van der Waals surface area contributed by atoms with Gasteiger partial charge in [0, 0.05) is 17.8 Å². The molecular weight excluding hydrogens is 304 g/mol. The van der Waals surface area contributed by atoms with Crippen molar-refractivity contribution >= 4 is 11.8 Å². The molecule has 0 aromatic heterocycles. The van der Waals surface area contributed by atoms with Crippen LogP contribution in [0.5, 0.6) is 5.75 Å². The maximum Gasteiger partial charge on any atom is 0.407 e.